The van der Waals surface area contributed by atoms with Gasteiger partial charge in [0.15, 0.2) is 0 Å². The summed E-state index contributed by atoms with van der Waals surface area (Å²) in [7, 11) is 1.04. The molecule has 1 rings (SSSR count). The van der Waals surface area contributed by atoms with Gasteiger partial charge in [-0.15, -0.1) is 0 Å². The number of aromatic nitrogens is 2. The van der Waals surface area contributed by atoms with Gasteiger partial charge in [-0.1, -0.05) is 20.3 Å². The minimum atomic E-state index is -1.50. The first-order chi connectivity index (χ1) is 8.13. The molecular formula is C12H22N2O3. The molecule has 0 fully saturated rings. The van der Waals surface area contributed by atoms with E-state index in [9.17, 15) is 0 Å². The molecule has 0 aliphatic heterocycles. The van der Waals surface area contributed by atoms with Crippen molar-refractivity contribution in [2.75, 3.05) is 7.11 Å². The average Bonchev–Trinajstić information content (AvgIpc) is 2.75. The Hall–Kier alpha value is -1.52. The van der Waals surface area contributed by atoms with Crippen molar-refractivity contribution in [2.24, 2.45) is 0 Å². The van der Waals surface area contributed by atoms with Crippen LogP contribution in [0.3, 0.4) is 0 Å². The van der Waals surface area contributed by atoms with Crippen LogP contribution in [0.5, 0.6) is 0 Å². The molecule has 0 N–H and O–H groups in total. The topological polar surface area (TPSA) is 58.2 Å². The molecule has 0 unspecified atom stereocenters. The van der Waals surface area contributed by atoms with E-state index in [0.717, 1.165) is 20.2 Å². The average molecular weight is 242 g/mol. The van der Waals surface area contributed by atoms with Crippen molar-refractivity contribution in [3.05, 3.63) is 18.7 Å². The summed E-state index contributed by atoms with van der Waals surface area (Å²) in [6.45, 7) is 6.73. The third-order valence-corrected chi connectivity index (χ3v) is 2.16. The van der Waals surface area contributed by atoms with Gasteiger partial charge in [0.05, 0.1) is 13.1 Å². The van der Waals surface area contributed by atoms with Crippen LogP contribution in [0.4, 0.5) is 4.79 Å². The maximum Gasteiger partial charge on any atom is 0.251 e. The lowest BCUT2D eigenvalue weighted by Crippen LogP contribution is -2.30. The first-order valence-electron chi connectivity index (χ1n) is 5.93. The number of ether oxygens (including phenoxy) is 1. The molecule has 0 amide bonds. The van der Waals surface area contributed by atoms with E-state index in [-0.39, 0.29) is 0 Å². The normalized spacial score (nSPS) is 9.35. The number of hydrogen-bond donors (Lipinski definition) is 0. The highest BCUT2D eigenvalue weighted by atomic mass is 16.6. The first kappa shape index (κ1) is 15.5. The molecule has 0 spiro atoms. The molecule has 17 heavy (non-hydrogen) atoms. The molecule has 0 aliphatic carbocycles. The monoisotopic (exact) mass is 242 g/mol. The number of hydrogen-bond acceptors (Lipinski definition) is 3. The fraction of sp³-hybridized carbons (Fsp3) is 0.667. The van der Waals surface area contributed by atoms with Crippen molar-refractivity contribution < 1.29 is 19.2 Å². The maximum absolute atomic E-state index is 9.03. The summed E-state index contributed by atoms with van der Waals surface area (Å²) in [4.78, 5) is 9.03. The van der Waals surface area contributed by atoms with Crippen molar-refractivity contribution in [2.45, 2.75) is 46.2 Å². The number of carbonyl (C=O) groups is 1. The number of imidazole rings is 1. The smallest absolute Gasteiger partial charge is 0.251 e. The highest BCUT2D eigenvalue weighted by Gasteiger charge is 2.00. The van der Waals surface area contributed by atoms with Crippen LogP contribution in [-0.2, 0) is 17.8 Å². The zero-order valence-electron chi connectivity index (χ0n) is 10.9. The minimum absolute atomic E-state index is 1.04. The van der Waals surface area contributed by atoms with Gasteiger partial charge in [-0.3, -0.25) is 0 Å². The molecule has 0 saturated carbocycles. The molecule has 0 radical (unpaired) electrons. The Morgan fingerprint density at radius 3 is 2.53 bits per heavy atom. The van der Waals surface area contributed by atoms with E-state index in [0.29, 0.717) is 0 Å². The lowest BCUT2D eigenvalue weighted by atomic mass is 10.3. The van der Waals surface area contributed by atoms with Crippen LogP contribution in [0.25, 0.3) is 0 Å². The predicted molar refractivity (Wildman–Crippen MR) is 62.2 cm³/mol. The molecule has 1 heterocycles. The molecule has 5 heteroatoms. The zero-order valence-corrected chi connectivity index (χ0v) is 10.9. The highest BCUT2D eigenvalue weighted by molar-refractivity contribution is 5.53. The van der Waals surface area contributed by atoms with E-state index < -0.39 is 6.16 Å². The van der Waals surface area contributed by atoms with Crippen LogP contribution in [0.15, 0.2) is 18.7 Å². The summed E-state index contributed by atoms with van der Waals surface area (Å²) in [6.07, 6.45) is 8.77. The van der Waals surface area contributed by atoms with Gasteiger partial charge in [-0.05, 0) is 12.8 Å². The van der Waals surface area contributed by atoms with Gasteiger partial charge in [0, 0.05) is 7.11 Å². The second-order valence-electron chi connectivity index (χ2n) is 3.70. The van der Waals surface area contributed by atoms with E-state index in [2.05, 4.69) is 46.4 Å². The van der Waals surface area contributed by atoms with Gasteiger partial charge in [-0.25, -0.2) is 9.13 Å². The van der Waals surface area contributed by atoms with Gasteiger partial charge >= 0.3 is 0 Å². The summed E-state index contributed by atoms with van der Waals surface area (Å²) in [5.41, 5.74) is 0. The number of carboxylic acid groups (broad SMARTS) is 1. The van der Waals surface area contributed by atoms with Crippen LogP contribution in [-0.4, -0.2) is 17.8 Å². The fourth-order valence-electron chi connectivity index (χ4n) is 1.30. The van der Waals surface area contributed by atoms with Gasteiger partial charge in [0.2, 0.25) is 6.33 Å². The SMILES string of the molecule is CCCCn1cc[n+](CCC)c1.COC(=O)[O-]. The van der Waals surface area contributed by atoms with Gasteiger partial charge in [0.25, 0.3) is 6.16 Å². The largest absolute Gasteiger partial charge is 0.553 e. The molecule has 98 valence electrons. The van der Waals surface area contributed by atoms with Crippen molar-refractivity contribution in [3.63, 3.8) is 0 Å². The highest BCUT2D eigenvalue weighted by Crippen LogP contribution is 1.92. The summed E-state index contributed by atoms with van der Waals surface area (Å²) in [6, 6.07) is 0. The van der Waals surface area contributed by atoms with Crippen LogP contribution >= 0.6 is 0 Å². The maximum atomic E-state index is 9.03. The number of methoxy groups -OCH3 is 1. The summed E-state index contributed by atoms with van der Waals surface area (Å²) < 4.78 is 8.06. The molecular weight excluding hydrogens is 220 g/mol. The van der Waals surface area contributed by atoms with Crippen LogP contribution in [0.2, 0.25) is 0 Å². The number of nitrogens with zero attached hydrogens (tertiary/aromatic N) is 2. The summed E-state index contributed by atoms with van der Waals surface area (Å²) >= 11 is 0. The van der Waals surface area contributed by atoms with Crippen molar-refractivity contribution in [3.8, 4) is 0 Å². The molecule has 0 atom stereocenters. The number of unbranched alkanes of at least 4 members (excludes halogenated alkanes) is 1. The molecule has 1 aromatic rings. The molecule has 0 saturated heterocycles. The van der Waals surface area contributed by atoms with E-state index >= 15 is 0 Å². The van der Waals surface area contributed by atoms with Gasteiger partial charge in [0.1, 0.15) is 12.4 Å². The van der Waals surface area contributed by atoms with E-state index in [1.54, 1.807) is 0 Å². The Balaban J connectivity index is 0.000000437. The number of carbonyl (C=O) groups excluding carboxylic acids is 1. The Kier molecular flexibility index (Phi) is 8.82. The van der Waals surface area contributed by atoms with E-state index in [1.807, 2.05) is 0 Å². The Bertz CT molecular complexity index is 310. The minimum Gasteiger partial charge on any atom is -0.553 e. The van der Waals surface area contributed by atoms with E-state index in [4.69, 9.17) is 9.90 Å². The van der Waals surface area contributed by atoms with Crippen molar-refractivity contribution in [1.82, 2.24) is 4.57 Å². The van der Waals surface area contributed by atoms with Crippen LogP contribution < -0.4 is 9.67 Å². The molecule has 5 nitrogen and oxygen atoms in total. The van der Waals surface area contributed by atoms with Crippen molar-refractivity contribution >= 4 is 6.16 Å². The molecule has 1 aromatic heterocycles. The lowest BCUT2D eigenvalue weighted by molar-refractivity contribution is -0.696. The summed E-state index contributed by atoms with van der Waals surface area (Å²) in [5, 5.41) is 9.03. The van der Waals surface area contributed by atoms with Crippen LogP contribution in [0, 0.1) is 0 Å². The van der Waals surface area contributed by atoms with Gasteiger partial charge in [-0.2, -0.15) is 0 Å². The third-order valence-electron chi connectivity index (χ3n) is 2.16. The molecule has 0 bridgehead atoms. The number of rotatable bonds is 5. The standard InChI is InChI=1S/C10H19N2.C2H4O3/c1-3-5-7-12-9-8-11(10-12)6-4-2;1-5-2(3)4/h8-10H,3-7H2,1-2H3;1H3,(H,3,4)/q+1;/p-1. The summed E-state index contributed by atoms with van der Waals surface area (Å²) in [5.74, 6) is 0. The fourth-order valence-corrected chi connectivity index (χ4v) is 1.30. The third kappa shape index (κ3) is 8.30. The van der Waals surface area contributed by atoms with Crippen LogP contribution in [0.1, 0.15) is 33.1 Å². The second kappa shape index (κ2) is 9.69. The molecule has 0 aromatic carbocycles. The lowest BCUT2D eigenvalue weighted by Gasteiger charge is -1.92. The number of aryl methyl sites for hydroxylation is 2. The van der Waals surface area contributed by atoms with E-state index in [1.165, 1.54) is 19.3 Å². The molecule has 0 aliphatic rings. The Morgan fingerprint density at radius 2 is 2.06 bits per heavy atom. The zero-order chi connectivity index (χ0) is 13.1. The predicted octanol–water partition coefficient (Wildman–Crippen LogP) is 0.962. The Labute approximate surface area is 103 Å². The second-order valence-corrected chi connectivity index (χ2v) is 3.70. The van der Waals surface area contributed by atoms with Gasteiger partial charge < -0.3 is 14.6 Å². The quantitative estimate of drug-likeness (QED) is 0.571. The Morgan fingerprint density at radius 1 is 1.41 bits per heavy atom. The van der Waals surface area contributed by atoms with Crippen molar-refractivity contribution in [1.29, 1.82) is 0 Å². The first-order valence-corrected chi connectivity index (χ1v) is 5.93.